The van der Waals surface area contributed by atoms with Gasteiger partial charge in [0.1, 0.15) is 0 Å². The summed E-state index contributed by atoms with van der Waals surface area (Å²) in [6.07, 6.45) is 0.0425. The second-order valence-corrected chi connectivity index (χ2v) is 5.18. The van der Waals surface area contributed by atoms with Gasteiger partial charge < -0.3 is 15.3 Å². The van der Waals surface area contributed by atoms with Gasteiger partial charge in [-0.1, -0.05) is 17.7 Å². The number of nitrogens with one attached hydrogen (secondary N) is 1. The molecule has 2 rings (SSSR count). The van der Waals surface area contributed by atoms with Crippen LogP contribution in [0.15, 0.2) is 24.3 Å². The Morgan fingerprint density at radius 3 is 2.62 bits per heavy atom. The lowest BCUT2D eigenvalue weighted by Gasteiger charge is -2.16. The maximum absolute atomic E-state index is 12.0. The van der Waals surface area contributed by atoms with Gasteiger partial charge >= 0.3 is 5.97 Å². The predicted molar refractivity (Wildman–Crippen MR) is 76.9 cm³/mol. The van der Waals surface area contributed by atoms with Crippen molar-refractivity contribution in [3.05, 3.63) is 29.8 Å². The maximum Gasteiger partial charge on any atom is 0.305 e. The van der Waals surface area contributed by atoms with Crippen LogP contribution in [0.1, 0.15) is 18.4 Å². The second-order valence-electron chi connectivity index (χ2n) is 5.18. The van der Waals surface area contributed by atoms with Crippen LogP contribution >= 0.6 is 0 Å². The summed E-state index contributed by atoms with van der Waals surface area (Å²) < 4.78 is 0. The van der Waals surface area contributed by atoms with Crippen molar-refractivity contribution in [1.82, 2.24) is 5.32 Å². The van der Waals surface area contributed by atoms with E-state index < -0.39 is 11.9 Å². The number of amides is 2. The summed E-state index contributed by atoms with van der Waals surface area (Å²) in [6.45, 7) is 2.39. The predicted octanol–water partition coefficient (Wildman–Crippen LogP) is 0.939. The van der Waals surface area contributed by atoms with Gasteiger partial charge in [0.2, 0.25) is 11.8 Å². The van der Waals surface area contributed by atoms with Gasteiger partial charge in [-0.15, -0.1) is 0 Å². The van der Waals surface area contributed by atoms with Crippen molar-refractivity contribution >= 4 is 23.5 Å². The molecule has 0 spiro atoms. The number of aryl methyl sites for hydroxylation is 1. The zero-order chi connectivity index (χ0) is 15.4. The molecule has 0 radical (unpaired) electrons. The van der Waals surface area contributed by atoms with Gasteiger partial charge in [0.05, 0.1) is 12.3 Å². The summed E-state index contributed by atoms with van der Waals surface area (Å²) in [7, 11) is 0. The van der Waals surface area contributed by atoms with Gasteiger partial charge in [-0.05, 0) is 19.1 Å². The van der Waals surface area contributed by atoms with Crippen LogP contribution in [-0.2, 0) is 14.4 Å². The third-order valence-corrected chi connectivity index (χ3v) is 3.48. The van der Waals surface area contributed by atoms with E-state index in [-0.39, 0.29) is 31.2 Å². The molecule has 1 aromatic rings. The highest BCUT2D eigenvalue weighted by molar-refractivity contribution is 6.00. The molecule has 1 atom stereocenters. The summed E-state index contributed by atoms with van der Waals surface area (Å²) in [6, 6.07) is 7.56. The first-order valence-electron chi connectivity index (χ1n) is 6.84. The SMILES string of the molecule is Cc1ccc(N2CC(C(=O)NCCC(=O)O)CC2=O)cc1. The van der Waals surface area contributed by atoms with E-state index in [1.165, 1.54) is 0 Å². The van der Waals surface area contributed by atoms with Crippen LogP contribution in [0.2, 0.25) is 0 Å². The van der Waals surface area contributed by atoms with E-state index in [0.29, 0.717) is 6.54 Å². The highest BCUT2D eigenvalue weighted by atomic mass is 16.4. The van der Waals surface area contributed by atoms with E-state index in [1.807, 2.05) is 31.2 Å². The fourth-order valence-corrected chi connectivity index (χ4v) is 2.29. The lowest BCUT2D eigenvalue weighted by molar-refractivity contribution is -0.137. The average molecular weight is 290 g/mol. The Morgan fingerprint density at radius 1 is 1.33 bits per heavy atom. The quantitative estimate of drug-likeness (QED) is 0.845. The van der Waals surface area contributed by atoms with E-state index in [1.54, 1.807) is 4.90 Å². The molecule has 0 saturated carbocycles. The minimum Gasteiger partial charge on any atom is -0.481 e. The van der Waals surface area contributed by atoms with Gasteiger partial charge in [-0.3, -0.25) is 14.4 Å². The third kappa shape index (κ3) is 3.81. The maximum atomic E-state index is 12.0. The second kappa shape index (κ2) is 6.39. The number of rotatable bonds is 5. The number of nitrogens with zero attached hydrogens (tertiary/aromatic N) is 1. The summed E-state index contributed by atoms with van der Waals surface area (Å²) in [5.74, 6) is -1.73. The van der Waals surface area contributed by atoms with Gasteiger partial charge in [0.15, 0.2) is 0 Å². The van der Waals surface area contributed by atoms with Crippen molar-refractivity contribution in [2.45, 2.75) is 19.8 Å². The fraction of sp³-hybridized carbons (Fsp3) is 0.400. The normalized spacial score (nSPS) is 17.9. The number of hydrogen-bond acceptors (Lipinski definition) is 3. The van der Waals surface area contributed by atoms with Crippen molar-refractivity contribution < 1.29 is 19.5 Å². The minimum absolute atomic E-state index is 0.0859. The summed E-state index contributed by atoms with van der Waals surface area (Å²) in [5.41, 5.74) is 1.89. The molecule has 1 aliphatic rings. The van der Waals surface area contributed by atoms with Crippen molar-refractivity contribution in [2.75, 3.05) is 18.0 Å². The Hall–Kier alpha value is -2.37. The molecule has 0 bridgehead atoms. The third-order valence-electron chi connectivity index (χ3n) is 3.48. The van der Waals surface area contributed by atoms with Crippen molar-refractivity contribution in [1.29, 1.82) is 0 Å². The van der Waals surface area contributed by atoms with Crippen molar-refractivity contribution in [3.8, 4) is 0 Å². The average Bonchev–Trinajstić information content (AvgIpc) is 2.81. The van der Waals surface area contributed by atoms with Crippen LogP contribution < -0.4 is 10.2 Å². The van der Waals surface area contributed by atoms with Crippen LogP contribution in [0.25, 0.3) is 0 Å². The van der Waals surface area contributed by atoms with E-state index in [0.717, 1.165) is 11.3 Å². The lowest BCUT2D eigenvalue weighted by atomic mass is 10.1. The molecule has 21 heavy (non-hydrogen) atoms. The van der Waals surface area contributed by atoms with Crippen molar-refractivity contribution in [3.63, 3.8) is 0 Å². The Bertz CT molecular complexity index is 553. The van der Waals surface area contributed by atoms with Crippen LogP contribution in [-0.4, -0.2) is 36.0 Å². The molecule has 0 aromatic heterocycles. The lowest BCUT2D eigenvalue weighted by Crippen LogP contribution is -2.34. The molecule has 1 unspecified atom stereocenters. The van der Waals surface area contributed by atoms with E-state index >= 15 is 0 Å². The number of aliphatic carboxylic acids is 1. The molecule has 1 saturated heterocycles. The van der Waals surface area contributed by atoms with E-state index in [9.17, 15) is 14.4 Å². The number of hydrogen-bond donors (Lipinski definition) is 2. The van der Waals surface area contributed by atoms with Gasteiger partial charge in [-0.2, -0.15) is 0 Å². The molecule has 1 aromatic carbocycles. The highest BCUT2D eigenvalue weighted by Gasteiger charge is 2.34. The topological polar surface area (TPSA) is 86.7 Å². The van der Waals surface area contributed by atoms with Gasteiger partial charge in [0, 0.05) is 25.2 Å². The Balaban J connectivity index is 1.94. The number of carbonyl (C=O) groups excluding carboxylic acids is 2. The molecule has 1 aliphatic heterocycles. The van der Waals surface area contributed by atoms with Crippen LogP contribution in [0, 0.1) is 12.8 Å². The number of carboxylic acids is 1. The Morgan fingerprint density at radius 2 is 2.00 bits per heavy atom. The molecule has 6 nitrogen and oxygen atoms in total. The number of benzene rings is 1. The zero-order valence-corrected chi connectivity index (χ0v) is 11.8. The molecule has 1 heterocycles. The fourth-order valence-electron chi connectivity index (χ4n) is 2.29. The van der Waals surface area contributed by atoms with Gasteiger partial charge in [0.25, 0.3) is 0 Å². The smallest absolute Gasteiger partial charge is 0.305 e. The minimum atomic E-state index is -0.959. The van der Waals surface area contributed by atoms with E-state index in [2.05, 4.69) is 5.32 Å². The van der Waals surface area contributed by atoms with Crippen molar-refractivity contribution in [2.24, 2.45) is 5.92 Å². The molecule has 2 N–H and O–H groups in total. The van der Waals surface area contributed by atoms with E-state index in [4.69, 9.17) is 5.11 Å². The summed E-state index contributed by atoms with van der Waals surface area (Å²) in [5, 5.41) is 11.1. The first-order chi connectivity index (χ1) is 9.97. The largest absolute Gasteiger partial charge is 0.481 e. The standard InChI is InChI=1S/C15H18N2O4/c1-10-2-4-12(5-3-10)17-9-11(8-13(17)18)15(21)16-7-6-14(19)20/h2-5,11H,6-9H2,1H3,(H,16,21)(H,19,20). The number of carbonyl (C=O) groups is 3. The van der Waals surface area contributed by atoms with Gasteiger partial charge in [-0.25, -0.2) is 0 Å². The molecule has 1 fully saturated rings. The summed E-state index contributed by atoms with van der Waals surface area (Å²) in [4.78, 5) is 35.9. The zero-order valence-electron chi connectivity index (χ0n) is 11.8. The Labute approximate surface area is 122 Å². The first kappa shape index (κ1) is 15.0. The van der Waals surface area contributed by atoms with Crippen LogP contribution in [0.3, 0.4) is 0 Å². The first-order valence-corrected chi connectivity index (χ1v) is 6.84. The molecule has 0 aliphatic carbocycles. The molecular formula is C15H18N2O4. The summed E-state index contributed by atoms with van der Waals surface area (Å²) >= 11 is 0. The Kier molecular flexibility index (Phi) is 4.57. The van der Waals surface area contributed by atoms with Crippen LogP contribution in [0.4, 0.5) is 5.69 Å². The molecule has 112 valence electrons. The highest BCUT2D eigenvalue weighted by Crippen LogP contribution is 2.25. The molecular weight excluding hydrogens is 272 g/mol. The number of carboxylic acid groups (broad SMARTS) is 1. The molecule has 6 heteroatoms. The monoisotopic (exact) mass is 290 g/mol. The van der Waals surface area contributed by atoms with Crippen LogP contribution in [0.5, 0.6) is 0 Å². The number of anilines is 1. The molecule has 2 amide bonds.